The van der Waals surface area contributed by atoms with Crippen molar-refractivity contribution < 1.29 is 9.53 Å². The molecule has 7 heteroatoms. The van der Waals surface area contributed by atoms with E-state index >= 15 is 0 Å². The van der Waals surface area contributed by atoms with Gasteiger partial charge in [-0.1, -0.05) is 62.2 Å². The molecule has 2 saturated heterocycles. The molecule has 1 aromatic heterocycles. The highest BCUT2D eigenvalue weighted by molar-refractivity contribution is 5.96. The number of hydrogen-bond donors (Lipinski definition) is 1. The lowest BCUT2D eigenvalue weighted by molar-refractivity contribution is 0.0936. The van der Waals surface area contributed by atoms with E-state index in [9.17, 15) is 4.79 Å². The first-order chi connectivity index (χ1) is 20.0. The third kappa shape index (κ3) is 5.82. The van der Waals surface area contributed by atoms with Crippen LogP contribution in [-0.2, 0) is 10.2 Å². The molecule has 2 aromatic carbocycles. The van der Waals surface area contributed by atoms with Gasteiger partial charge in [0.05, 0.1) is 30.5 Å². The molecule has 0 unspecified atom stereocenters. The Labute approximate surface area is 244 Å². The Hall–Kier alpha value is -3.45. The van der Waals surface area contributed by atoms with E-state index in [1.54, 1.807) is 6.20 Å². The molecule has 3 fully saturated rings. The number of nitrogens with zero attached hydrogens (tertiary/aromatic N) is 4. The molecule has 1 aliphatic carbocycles. The van der Waals surface area contributed by atoms with Crippen molar-refractivity contribution in [2.45, 2.75) is 63.8 Å². The number of amides is 1. The molecule has 0 radical (unpaired) electrons. The first-order valence-electron chi connectivity index (χ1n) is 15.4. The fraction of sp³-hybridized carbons (Fsp3) is 0.500. The highest BCUT2D eigenvalue weighted by atomic mass is 16.5. The zero-order valence-electron chi connectivity index (χ0n) is 24.5. The minimum absolute atomic E-state index is 0.106. The van der Waals surface area contributed by atoms with Crippen molar-refractivity contribution in [2.24, 2.45) is 5.92 Å². The van der Waals surface area contributed by atoms with Crippen LogP contribution in [0.15, 0.2) is 60.8 Å². The van der Waals surface area contributed by atoms with Crippen LogP contribution >= 0.6 is 0 Å². The van der Waals surface area contributed by atoms with Gasteiger partial charge in [0.1, 0.15) is 0 Å². The van der Waals surface area contributed by atoms with Crippen molar-refractivity contribution >= 4 is 17.5 Å². The van der Waals surface area contributed by atoms with Gasteiger partial charge in [-0.15, -0.1) is 0 Å². The maximum Gasteiger partial charge on any atom is 0.255 e. The number of aromatic nitrogens is 2. The summed E-state index contributed by atoms with van der Waals surface area (Å²) < 4.78 is 5.53. The van der Waals surface area contributed by atoms with Crippen molar-refractivity contribution in [3.63, 3.8) is 0 Å². The molecule has 6 rings (SSSR count). The van der Waals surface area contributed by atoms with Crippen molar-refractivity contribution in [3.05, 3.63) is 83.2 Å². The Morgan fingerprint density at radius 2 is 1.71 bits per heavy atom. The van der Waals surface area contributed by atoms with Gasteiger partial charge < -0.3 is 19.9 Å². The SMILES string of the molecule is CC1CCN(c2ncc(C(=O)N[C@@H](C)c3cccc(N4CCOCC4)c3)c(C3(c4ccccc4)CCCC3)n2)CC1. The number of nitrogens with one attached hydrogen (secondary N) is 1. The monoisotopic (exact) mass is 553 g/mol. The van der Waals surface area contributed by atoms with E-state index in [4.69, 9.17) is 14.7 Å². The Morgan fingerprint density at radius 3 is 2.44 bits per heavy atom. The van der Waals surface area contributed by atoms with Crippen LogP contribution in [0.4, 0.5) is 11.6 Å². The second kappa shape index (κ2) is 12.2. The average molecular weight is 554 g/mol. The number of ether oxygens (including phenoxy) is 1. The fourth-order valence-corrected chi connectivity index (χ4v) is 6.83. The van der Waals surface area contributed by atoms with Crippen LogP contribution in [0, 0.1) is 5.92 Å². The van der Waals surface area contributed by atoms with Gasteiger partial charge in [0, 0.05) is 43.5 Å². The molecule has 2 aliphatic heterocycles. The molecule has 1 N–H and O–H groups in total. The summed E-state index contributed by atoms with van der Waals surface area (Å²) in [4.78, 5) is 28.8. The Morgan fingerprint density at radius 1 is 0.976 bits per heavy atom. The zero-order chi connectivity index (χ0) is 28.2. The lowest BCUT2D eigenvalue weighted by atomic mass is 9.74. The summed E-state index contributed by atoms with van der Waals surface area (Å²) in [6, 6.07) is 19.0. The Kier molecular flexibility index (Phi) is 8.24. The van der Waals surface area contributed by atoms with Crippen LogP contribution in [0.2, 0.25) is 0 Å². The number of carbonyl (C=O) groups excluding carboxylic acids is 1. The highest BCUT2D eigenvalue weighted by Gasteiger charge is 2.42. The smallest absolute Gasteiger partial charge is 0.255 e. The van der Waals surface area contributed by atoms with Gasteiger partial charge in [0.15, 0.2) is 0 Å². The molecule has 41 heavy (non-hydrogen) atoms. The van der Waals surface area contributed by atoms with Crippen LogP contribution in [0.1, 0.15) is 85.6 Å². The molecule has 1 atom stereocenters. The van der Waals surface area contributed by atoms with E-state index in [-0.39, 0.29) is 17.4 Å². The summed E-state index contributed by atoms with van der Waals surface area (Å²) >= 11 is 0. The molecule has 0 bridgehead atoms. The molecule has 1 saturated carbocycles. The standard InChI is InChI=1S/C34H43N5O2/c1-25-13-17-39(18-14-25)33-35-24-30(31(37-33)34(15-6-7-16-34)28-10-4-3-5-11-28)32(40)36-26(2)27-9-8-12-29(23-27)38-19-21-41-22-20-38/h3-5,8-12,23-26H,6-7,13-22H2,1-2H3,(H,36,40)/t26-/m0/s1. The zero-order valence-corrected chi connectivity index (χ0v) is 24.5. The lowest BCUT2D eigenvalue weighted by Gasteiger charge is -2.34. The Balaban J connectivity index is 1.32. The van der Waals surface area contributed by atoms with Crippen LogP contribution in [0.5, 0.6) is 0 Å². The van der Waals surface area contributed by atoms with Gasteiger partial charge >= 0.3 is 0 Å². The quantitative estimate of drug-likeness (QED) is 0.393. The molecule has 0 spiro atoms. The van der Waals surface area contributed by atoms with Crippen molar-refractivity contribution in [1.82, 2.24) is 15.3 Å². The summed E-state index contributed by atoms with van der Waals surface area (Å²) in [5.41, 5.74) is 4.70. The average Bonchev–Trinajstić information content (AvgIpc) is 3.53. The van der Waals surface area contributed by atoms with Crippen LogP contribution in [0.25, 0.3) is 0 Å². The number of piperidine rings is 1. The molecule has 216 valence electrons. The van der Waals surface area contributed by atoms with Crippen molar-refractivity contribution in [2.75, 3.05) is 49.2 Å². The number of anilines is 2. The van der Waals surface area contributed by atoms with Crippen LogP contribution < -0.4 is 15.1 Å². The van der Waals surface area contributed by atoms with E-state index in [2.05, 4.69) is 83.6 Å². The van der Waals surface area contributed by atoms with Gasteiger partial charge in [-0.2, -0.15) is 0 Å². The summed E-state index contributed by atoms with van der Waals surface area (Å²) in [7, 11) is 0. The molecule has 1 amide bonds. The van der Waals surface area contributed by atoms with Crippen molar-refractivity contribution in [3.8, 4) is 0 Å². The van der Waals surface area contributed by atoms with E-state index < -0.39 is 0 Å². The van der Waals surface area contributed by atoms with E-state index in [0.29, 0.717) is 5.56 Å². The van der Waals surface area contributed by atoms with E-state index in [0.717, 1.165) is 101 Å². The number of hydrogen-bond acceptors (Lipinski definition) is 6. The number of benzene rings is 2. The topological polar surface area (TPSA) is 70.6 Å². The van der Waals surface area contributed by atoms with E-state index in [1.807, 2.05) is 0 Å². The van der Waals surface area contributed by atoms with Gasteiger partial charge in [0.25, 0.3) is 5.91 Å². The van der Waals surface area contributed by atoms with Gasteiger partial charge in [-0.05, 0) is 61.8 Å². The third-order valence-electron chi connectivity index (χ3n) is 9.42. The predicted molar refractivity (Wildman–Crippen MR) is 164 cm³/mol. The maximum absolute atomic E-state index is 14.1. The number of rotatable bonds is 7. The third-order valence-corrected chi connectivity index (χ3v) is 9.42. The molecule has 3 heterocycles. The normalized spacial score (nSPS) is 20.1. The first kappa shape index (κ1) is 27.7. The van der Waals surface area contributed by atoms with Crippen LogP contribution in [0.3, 0.4) is 0 Å². The highest BCUT2D eigenvalue weighted by Crippen LogP contribution is 2.47. The molecular weight excluding hydrogens is 510 g/mol. The van der Waals surface area contributed by atoms with Gasteiger partial charge in [-0.3, -0.25) is 4.79 Å². The molecule has 3 aromatic rings. The van der Waals surface area contributed by atoms with Gasteiger partial charge in [-0.25, -0.2) is 9.97 Å². The molecule has 7 nitrogen and oxygen atoms in total. The first-order valence-corrected chi connectivity index (χ1v) is 15.4. The minimum atomic E-state index is -0.284. The second-order valence-electron chi connectivity index (χ2n) is 12.1. The Bertz CT molecular complexity index is 1330. The van der Waals surface area contributed by atoms with Gasteiger partial charge in [0.2, 0.25) is 5.95 Å². The second-order valence-corrected chi connectivity index (χ2v) is 12.1. The molecule has 3 aliphatic rings. The summed E-state index contributed by atoms with van der Waals surface area (Å²) in [6.45, 7) is 9.55. The lowest BCUT2D eigenvalue weighted by Crippen LogP contribution is -2.37. The number of carbonyl (C=O) groups is 1. The summed E-state index contributed by atoms with van der Waals surface area (Å²) in [6.07, 6.45) is 8.31. The largest absolute Gasteiger partial charge is 0.378 e. The number of morpholine rings is 1. The fourth-order valence-electron chi connectivity index (χ4n) is 6.83. The predicted octanol–water partition coefficient (Wildman–Crippen LogP) is 5.90. The summed E-state index contributed by atoms with van der Waals surface area (Å²) in [5, 5.41) is 3.30. The molecular formula is C34H43N5O2. The maximum atomic E-state index is 14.1. The summed E-state index contributed by atoms with van der Waals surface area (Å²) in [5.74, 6) is 1.38. The van der Waals surface area contributed by atoms with Crippen molar-refractivity contribution in [1.29, 1.82) is 0 Å². The van der Waals surface area contributed by atoms with Crippen LogP contribution in [-0.4, -0.2) is 55.3 Å². The van der Waals surface area contributed by atoms with E-state index in [1.165, 1.54) is 11.3 Å². The minimum Gasteiger partial charge on any atom is -0.378 e.